The van der Waals surface area contributed by atoms with Crippen molar-refractivity contribution in [3.05, 3.63) is 42.2 Å². The fourth-order valence-electron chi connectivity index (χ4n) is 5.22. The van der Waals surface area contributed by atoms with Gasteiger partial charge in [0.05, 0.1) is 11.8 Å². The number of amides is 3. The van der Waals surface area contributed by atoms with Gasteiger partial charge in [-0.2, -0.15) is 0 Å². The van der Waals surface area contributed by atoms with Crippen LogP contribution in [0, 0.1) is 29.5 Å². The van der Waals surface area contributed by atoms with Gasteiger partial charge < -0.3 is 9.80 Å². The monoisotopic (exact) mass is 383 g/mol. The van der Waals surface area contributed by atoms with Crippen molar-refractivity contribution in [2.75, 3.05) is 37.6 Å². The number of benzene rings is 1. The van der Waals surface area contributed by atoms with E-state index in [1.54, 1.807) is 17.0 Å². The van der Waals surface area contributed by atoms with Crippen molar-refractivity contribution in [1.29, 1.82) is 0 Å². The molecule has 2 aliphatic carbocycles. The number of hydrogen-bond donors (Lipinski definition) is 0. The molecule has 1 saturated carbocycles. The summed E-state index contributed by atoms with van der Waals surface area (Å²) in [6.45, 7) is 2.16. The van der Waals surface area contributed by atoms with E-state index in [9.17, 15) is 18.8 Å². The molecular formula is C21H22FN3O3. The molecule has 0 unspecified atom stereocenters. The molecule has 28 heavy (non-hydrogen) atoms. The summed E-state index contributed by atoms with van der Waals surface area (Å²) in [7, 11) is 0. The van der Waals surface area contributed by atoms with E-state index in [1.165, 1.54) is 17.0 Å². The third-order valence-corrected chi connectivity index (χ3v) is 6.68. The maximum atomic E-state index is 13.1. The largest absolute Gasteiger partial charge is 0.368 e. The van der Waals surface area contributed by atoms with Crippen LogP contribution in [0.15, 0.2) is 36.4 Å². The maximum Gasteiger partial charge on any atom is 0.242 e. The Bertz CT molecular complexity index is 830. The first-order chi connectivity index (χ1) is 13.5. The normalized spacial score (nSPS) is 31.1. The first kappa shape index (κ1) is 17.4. The highest BCUT2D eigenvalue weighted by Crippen LogP contribution is 2.52. The second-order valence-electron chi connectivity index (χ2n) is 8.11. The molecule has 5 rings (SSSR count). The molecule has 146 valence electrons. The minimum atomic E-state index is -0.272. The zero-order chi connectivity index (χ0) is 19.4. The lowest BCUT2D eigenvalue weighted by molar-refractivity contribution is -0.147. The van der Waals surface area contributed by atoms with Gasteiger partial charge in [0.15, 0.2) is 0 Å². The lowest BCUT2D eigenvalue weighted by atomic mass is 9.85. The van der Waals surface area contributed by atoms with Gasteiger partial charge in [-0.3, -0.25) is 19.3 Å². The quantitative estimate of drug-likeness (QED) is 0.583. The number of rotatable bonds is 3. The zero-order valence-corrected chi connectivity index (χ0v) is 15.5. The Morgan fingerprint density at radius 1 is 0.929 bits per heavy atom. The van der Waals surface area contributed by atoms with Crippen LogP contribution >= 0.6 is 0 Å². The van der Waals surface area contributed by atoms with Gasteiger partial charge >= 0.3 is 0 Å². The first-order valence-corrected chi connectivity index (χ1v) is 9.85. The van der Waals surface area contributed by atoms with Gasteiger partial charge in [-0.25, -0.2) is 4.39 Å². The highest BCUT2D eigenvalue weighted by atomic mass is 19.1. The van der Waals surface area contributed by atoms with E-state index >= 15 is 0 Å². The Kier molecular flexibility index (Phi) is 4.00. The van der Waals surface area contributed by atoms with Crippen molar-refractivity contribution in [1.82, 2.24) is 9.80 Å². The van der Waals surface area contributed by atoms with E-state index in [2.05, 4.69) is 17.1 Å². The second kappa shape index (κ2) is 6.43. The maximum absolute atomic E-state index is 13.1. The molecule has 2 aliphatic heterocycles. The lowest BCUT2D eigenvalue weighted by Crippen LogP contribution is -2.52. The number of carbonyl (C=O) groups is 3. The predicted molar refractivity (Wildman–Crippen MR) is 99.6 cm³/mol. The molecular weight excluding hydrogens is 361 g/mol. The van der Waals surface area contributed by atoms with Gasteiger partial charge in [0.1, 0.15) is 12.4 Å². The van der Waals surface area contributed by atoms with E-state index in [-0.39, 0.29) is 53.8 Å². The lowest BCUT2D eigenvalue weighted by Gasteiger charge is -2.36. The number of hydrogen-bond acceptors (Lipinski definition) is 4. The standard InChI is InChI=1S/C21H22FN3O3/c22-15-3-5-16(6-4-15)23-7-9-24(10-8-23)17(26)12-25-20(27)18-13-1-2-14(11-13)19(18)21(25)28/h1-6,13-14,18-19H,7-12H2/t13-,14-,18-,19+/m0/s1. The van der Waals surface area contributed by atoms with Gasteiger partial charge in [-0.15, -0.1) is 0 Å². The topological polar surface area (TPSA) is 60.9 Å². The number of fused-ring (bicyclic) bond motifs is 5. The second-order valence-corrected chi connectivity index (χ2v) is 8.11. The summed E-state index contributed by atoms with van der Waals surface area (Å²) < 4.78 is 13.1. The van der Waals surface area contributed by atoms with Crippen LogP contribution in [0.5, 0.6) is 0 Å². The number of nitrogens with zero attached hydrogens (tertiary/aromatic N) is 3. The molecule has 0 spiro atoms. The fraction of sp³-hybridized carbons (Fsp3) is 0.476. The molecule has 2 bridgehead atoms. The summed E-state index contributed by atoms with van der Waals surface area (Å²) in [5, 5.41) is 0. The molecule has 1 aromatic rings. The van der Waals surface area contributed by atoms with Crippen LogP contribution < -0.4 is 4.90 Å². The van der Waals surface area contributed by atoms with Crippen molar-refractivity contribution >= 4 is 23.4 Å². The van der Waals surface area contributed by atoms with Crippen LogP contribution in [0.4, 0.5) is 10.1 Å². The molecule has 6 nitrogen and oxygen atoms in total. The van der Waals surface area contributed by atoms with Crippen molar-refractivity contribution in [3.8, 4) is 0 Å². The molecule has 2 saturated heterocycles. The van der Waals surface area contributed by atoms with E-state index in [0.29, 0.717) is 26.2 Å². The average molecular weight is 383 g/mol. The third-order valence-electron chi connectivity index (χ3n) is 6.68. The number of likely N-dealkylation sites (tertiary alicyclic amines) is 1. The fourth-order valence-corrected chi connectivity index (χ4v) is 5.22. The summed E-state index contributed by atoms with van der Waals surface area (Å²) in [6.07, 6.45) is 4.99. The molecule has 1 aromatic carbocycles. The smallest absolute Gasteiger partial charge is 0.242 e. The van der Waals surface area contributed by atoms with Crippen LogP contribution in [0.25, 0.3) is 0 Å². The molecule has 3 amide bonds. The summed E-state index contributed by atoms with van der Waals surface area (Å²) in [6, 6.07) is 6.32. The average Bonchev–Trinajstić information content (AvgIpc) is 3.39. The predicted octanol–water partition coefficient (Wildman–Crippen LogP) is 1.28. The molecule has 4 atom stereocenters. The van der Waals surface area contributed by atoms with Crippen LogP contribution in [0.1, 0.15) is 6.42 Å². The highest BCUT2D eigenvalue weighted by molar-refractivity contribution is 6.08. The van der Waals surface area contributed by atoms with Crippen molar-refractivity contribution in [3.63, 3.8) is 0 Å². The molecule has 2 heterocycles. The minimum Gasteiger partial charge on any atom is -0.368 e. The Morgan fingerprint density at radius 2 is 1.50 bits per heavy atom. The number of imide groups is 1. The Labute approximate surface area is 162 Å². The van der Waals surface area contributed by atoms with Gasteiger partial charge in [0.2, 0.25) is 17.7 Å². The van der Waals surface area contributed by atoms with Crippen molar-refractivity contribution < 1.29 is 18.8 Å². The van der Waals surface area contributed by atoms with Crippen molar-refractivity contribution in [2.24, 2.45) is 23.7 Å². The van der Waals surface area contributed by atoms with Gasteiger partial charge in [0, 0.05) is 31.9 Å². The number of carbonyl (C=O) groups excluding carboxylic acids is 3. The molecule has 7 heteroatoms. The third kappa shape index (κ3) is 2.64. The van der Waals surface area contributed by atoms with Gasteiger partial charge in [-0.05, 0) is 42.5 Å². The van der Waals surface area contributed by atoms with E-state index < -0.39 is 0 Å². The summed E-state index contributed by atoms with van der Waals surface area (Å²) >= 11 is 0. The molecule has 0 radical (unpaired) electrons. The Hall–Kier alpha value is -2.70. The molecule has 4 aliphatic rings. The number of allylic oxidation sites excluding steroid dienone is 2. The summed E-state index contributed by atoms with van der Waals surface area (Å²) in [4.78, 5) is 43.2. The SMILES string of the molecule is O=C(CN1C(=O)[C@@H]2[C@H](C1=O)[C@H]1C=C[C@H]2C1)N1CCN(c2ccc(F)cc2)CC1. The first-order valence-electron chi connectivity index (χ1n) is 9.85. The molecule has 0 aromatic heterocycles. The minimum absolute atomic E-state index is 0.152. The number of halogens is 1. The van der Waals surface area contributed by atoms with E-state index in [0.717, 1.165) is 12.1 Å². The molecule has 3 fully saturated rings. The zero-order valence-electron chi connectivity index (χ0n) is 15.5. The van der Waals surface area contributed by atoms with Gasteiger partial charge in [0.25, 0.3) is 0 Å². The van der Waals surface area contributed by atoms with Crippen LogP contribution in [-0.4, -0.2) is 60.2 Å². The Morgan fingerprint density at radius 3 is 2.07 bits per heavy atom. The summed E-state index contributed by atoms with van der Waals surface area (Å²) in [5.74, 6) is -1.00. The van der Waals surface area contributed by atoms with Gasteiger partial charge in [-0.1, -0.05) is 12.2 Å². The van der Waals surface area contributed by atoms with Crippen LogP contribution in [0.2, 0.25) is 0 Å². The number of piperazine rings is 1. The van der Waals surface area contributed by atoms with Crippen molar-refractivity contribution in [2.45, 2.75) is 6.42 Å². The van der Waals surface area contributed by atoms with Crippen LogP contribution in [-0.2, 0) is 14.4 Å². The summed E-state index contributed by atoms with van der Waals surface area (Å²) in [5.41, 5.74) is 0.925. The van der Waals surface area contributed by atoms with Crippen LogP contribution in [0.3, 0.4) is 0 Å². The number of anilines is 1. The Balaban J connectivity index is 1.20. The highest BCUT2D eigenvalue weighted by Gasteiger charge is 2.59. The molecule has 0 N–H and O–H groups in total. The van der Waals surface area contributed by atoms with E-state index in [4.69, 9.17) is 0 Å². The van der Waals surface area contributed by atoms with E-state index in [1.807, 2.05) is 0 Å².